The minimum Gasteiger partial charge on any atom is -0.395 e. The molecule has 2 fully saturated rings. The van der Waals surface area contributed by atoms with Gasteiger partial charge >= 0.3 is 0 Å². The lowest BCUT2D eigenvalue weighted by molar-refractivity contribution is 0.266. The van der Waals surface area contributed by atoms with E-state index < -0.39 is 0 Å². The molecule has 3 atom stereocenters. The molecule has 2 rings (SSSR count). The van der Waals surface area contributed by atoms with Crippen LogP contribution >= 0.6 is 0 Å². The third-order valence-electron chi connectivity index (χ3n) is 3.26. The first-order chi connectivity index (χ1) is 5.40. The highest BCUT2D eigenvalue weighted by Gasteiger charge is 2.38. The van der Waals surface area contributed by atoms with Crippen LogP contribution in [0.15, 0.2) is 0 Å². The number of rotatable bonds is 3. The lowest BCUT2D eigenvalue weighted by Crippen LogP contribution is -2.35. The van der Waals surface area contributed by atoms with E-state index >= 15 is 0 Å². The Bertz CT molecular complexity index is 138. The van der Waals surface area contributed by atoms with E-state index in [-0.39, 0.29) is 6.61 Å². The standard InChI is InChI=1S/C9H17NO/c11-4-3-10-9-6-7-1-2-8(9)5-7/h7-11H,1-6H2/t7-,8-,9-/m0/s1. The molecule has 0 amide bonds. The molecule has 0 unspecified atom stereocenters. The van der Waals surface area contributed by atoms with Crippen LogP contribution in [0.25, 0.3) is 0 Å². The summed E-state index contributed by atoms with van der Waals surface area (Å²) in [5.74, 6) is 1.95. The number of aliphatic hydroxyl groups excluding tert-OH is 1. The normalized spacial score (nSPS) is 41.7. The van der Waals surface area contributed by atoms with Gasteiger partial charge in [-0.1, -0.05) is 6.42 Å². The fraction of sp³-hybridized carbons (Fsp3) is 1.00. The topological polar surface area (TPSA) is 32.3 Å². The lowest BCUT2D eigenvalue weighted by atomic mass is 9.95. The Morgan fingerprint density at radius 3 is 2.73 bits per heavy atom. The smallest absolute Gasteiger partial charge is 0.0556 e. The molecule has 2 aliphatic rings. The molecule has 64 valence electrons. The Morgan fingerprint density at radius 2 is 2.18 bits per heavy atom. The molecule has 2 N–H and O–H groups in total. The molecular weight excluding hydrogens is 138 g/mol. The van der Waals surface area contributed by atoms with Crippen LogP contribution in [0.2, 0.25) is 0 Å². The van der Waals surface area contributed by atoms with E-state index in [1.165, 1.54) is 25.7 Å². The van der Waals surface area contributed by atoms with Gasteiger partial charge in [-0.25, -0.2) is 0 Å². The Balaban J connectivity index is 1.78. The van der Waals surface area contributed by atoms with Crippen LogP contribution in [0, 0.1) is 11.8 Å². The van der Waals surface area contributed by atoms with Gasteiger partial charge in [0.25, 0.3) is 0 Å². The van der Waals surface area contributed by atoms with Crippen LogP contribution in [0.5, 0.6) is 0 Å². The SMILES string of the molecule is OCCN[C@H]1C[C@H]2CC[C@H]1C2. The van der Waals surface area contributed by atoms with Gasteiger partial charge in [0.15, 0.2) is 0 Å². The molecule has 0 aliphatic heterocycles. The molecule has 2 saturated carbocycles. The molecule has 0 saturated heterocycles. The Morgan fingerprint density at radius 1 is 1.27 bits per heavy atom. The van der Waals surface area contributed by atoms with E-state index in [0.29, 0.717) is 0 Å². The molecule has 2 nitrogen and oxygen atoms in total. The summed E-state index contributed by atoms with van der Waals surface area (Å²) in [6.45, 7) is 1.07. The summed E-state index contributed by atoms with van der Waals surface area (Å²) in [4.78, 5) is 0. The van der Waals surface area contributed by atoms with Gasteiger partial charge in [-0.2, -0.15) is 0 Å². The second-order valence-corrected chi connectivity index (χ2v) is 3.96. The van der Waals surface area contributed by atoms with Gasteiger partial charge in [-0.3, -0.25) is 0 Å². The first-order valence-electron chi connectivity index (χ1n) is 4.74. The maximum absolute atomic E-state index is 8.63. The van der Waals surface area contributed by atoms with Gasteiger partial charge in [0, 0.05) is 12.6 Å². The molecule has 0 aromatic carbocycles. The number of hydrogen-bond acceptors (Lipinski definition) is 2. The van der Waals surface area contributed by atoms with Crippen molar-refractivity contribution < 1.29 is 5.11 Å². The Hall–Kier alpha value is -0.0800. The van der Waals surface area contributed by atoms with E-state index in [1.807, 2.05) is 0 Å². The summed E-state index contributed by atoms with van der Waals surface area (Å²) >= 11 is 0. The number of aliphatic hydroxyl groups is 1. The maximum atomic E-state index is 8.63. The van der Waals surface area contributed by atoms with E-state index in [0.717, 1.165) is 24.4 Å². The van der Waals surface area contributed by atoms with Crippen molar-refractivity contribution in [2.45, 2.75) is 31.7 Å². The van der Waals surface area contributed by atoms with Gasteiger partial charge in [0.2, 0.25) is 0 Å². The van der Waals surface area contributed by atoms with Crippen molar-refractivity contribution in [1.82, 2.24) is 5.32 Å². The minimum absolute atomic E-state index is 0.286. The zero-order chi connectivity index (χ0) is 7.68. The van der Waals surface area contributed by atoms with Crippen molar-refractivity contribution in [3.05, 3.63) is 0 Å². The molecular formula is C9H17NO. The fourth-order valence-electron chi connectivity index (χ4n) is 2.74. The highest BCUT2D eigenvalue weighted by Crippen LogP contribution is 2.44. The summed E-state index contributed by atoms with van der Waals surface area (Å²) in [5.41, 5.74) is 0. The summed E-state index contributed by atoms with van der Waals surface area (Å²) in [5, 5.41) is 12.0. The Kier molecular flexibility index (Phi) is 2.14. The van der Waals surface area contributed by atoms with Crippen molar-refractivity contribution >= 4 is 0 Å². The quantitative estimate of drug-likeness (QED) is 0.630. The maximum Gasteiger partial charge on any atom is 0.0556 e. The fourth-order valence-corrected chi connectivity index (χ4v) is 2.74. The second kappa shape index (κ2) is 3.11. The summed E-state index contributed by atoms with van der Waals surface area (Å²) < 4.78 is 0. The largest absolute Gasteiger partial charge is 0.395 e. The molecule has 0 heterocycles. The first-order valence-corrected chi connectivity index (χ1v) is 4.74. The van der Waals surface area contributed by atoms with Crippen molar-refractivity contribution in [3.8, 4) is 0 Å². The summed E-state index contributed by atoms with van der Waals surface area (Å²) in [6, 6.07) is 0.737. The van der Waals surface area contributed by atoms with E-state index in [1.54, 1.807) is 0 Å². The second-order valence-electron chi connectivity index (χ2n) is 3.96. The van der Waals surface area contributed by atoms with Crippen LogP contribution in [-0.2, 0) is 0 Å². The van der Waals surface area contributed by atoms with Crippen molar-refractivity contribution in [2.24, 2.45) is 11.8 Å². The van der Waals surface area contributed by atoms with Crippen LogP contribution < -0.4 is 5.32 Å². The summed E-state index contributed by atoms with van der Waals surface area (Å²) in [7, 11) is 0. The summed E-state index contributed by atoms with van der Waals surface area (Å²) in [6.07, 6.45) is 5.70. The monoisotopic (exact) mass is 155 g/mol. The van der Waals surface area contributed by atoms with Crippen LogP contribution in [0.3, 0.4) is 0 Å². The van der Waals surface area contributed by atoms with Gasteiger partial charge in [-0.05, 0) is 31.1 Å². The number of hydrogen-bond donors (Lipinski definition) is 2. The third-order valence-corrected chi connectivity index (χ3v) is 3.26. The predicted octanol–water partition coefficient (Wildman–Crippen LogP) is 0.757. The highest BCUT2D eigenvalue weighted by atomic mass is 16.3. The molecule has 11 heavy (non-hydrogen) atoms. The molecule has 0 aromatic rings. The van der Waals surface area contributed by atoms with Crippen molar-refractivity contribution in [2.75, 3.05) is 13.2 Å². The van der Waals surface area contributed by atoms with Crippen LogP contribution in [-0.4, -0.2) is 24.3 Å². The molecule has 2 bridgehead atoms. The average Bonchev–Trinajstić information content (AvgIpc) is 2.60. The number of fused-ring (bicyclic) bond motifs is 2. The van der Waals surface area contributed by atoms with E-state index in [9.17, 15) is 0 Å². The zero-order valence-electron chi connectivity index (χ0n) is 6.92. The molecule has 2 heteroatoms. The molecule has 0 aromatic heterocycles. The van der Waals surface area contributed by atoms with Gasteiger partial charge in [0.1, 0.15) is 0 Å². The van der Waals surface area contributed by atoms with Crippen molar-refractivity contribution in [1.29, 1.82) is 0 Å². The van der Waals surface area contributed by atoms with E-state index in [4.69, 9.17) is 5.11 Å². The Labute approximate surface area is 68.0 Å². The highest BCUT2D eigenvalue weighted by molar-refractivity contribution is 4.93. The third kappa shape index (κ3) is 1.42. The van der Waals surface area contributed by atoms with Gasteiger partial charge < -0.3 is 10.4 Å². The molecule has 0 spiro atoms. The van der Waals surface area contributed by atoms with Crippen LogP contribution in [0.4, 0.5) is 0 Å². The predicted molar refractivity (Wildman–Crippen MR) is 44.3 cm³/mol. The van der Waals surface area contributed by atoms with Gasteiger partial charge in [0.05, 0.1) is 6.61 Å². The first kappa shape index (κ1) is 7.56. The van der Waals surface area contributed by atoms with Gasteiger partial charge in [-0.15, -0.1) is 0 Å². The molecule has 2 aliphatic carbocycles. The minimum atomic E-state index is 0.286. The molecule has 0 radical (unpaired) electrons. The average molecular weight is 155 g/mol. The van der Waals surface area contributed by atoms with Crippen LogP contribution in [0.1, 0.15) is 25.7 Å². The van der Waals surface area contributed by atoms with E-state index in [2.05, 4.69) is 5.32 Å². The zero-order valence-corrected chi connectivity index (χ0v) is 6.92. The number of nitrogens with one attached hydrogen (secondary N) is 1. The lowest BCUT2D eigenvalue weighted by Gasteiger charge is -2.22. The van der Waals surface area contributed by atoms with Crippen molar-refractivity contribution in [3.63, 3.8) is 0 Å².